The first kappa shape index (κ1) is 27.3. The SMILES string of the molecule is CC1CCN(C(=O)c2ccc(NC(=S)NC(=O)CCCC(=O)OCCCc3ccccc3)cc2)CC1. The van der Waals surface area contributed by atoms with Crippen LogP contribution in [0.5, 0.6) is 0 Å². The molecule has 2 aromatic carbocycles. The highest BCUT2D eigenvalue weighted by molar-refractivity contribution is 7.80. The van der Waals surface area contributed by atoms with Crippen LogP contribution < -0.4 is 10.6 Å². The number of rotatable bonds is 10. The van der Waals surface area contributed by atoms with Gasteiger partial charge in [0.2, 0.25) is 5.91 Å². The molecule has 0 bridgehead atoms. The van der Waals surface area contributed by atoms with Gasteiger partial charge in [0.15, 0.2) is 5.11 Å². The number of benzene rings is 2. The van der Waals surface area contributed by atoms with Gasteiger partial charge in [-0.25, -0.2) is 0 Å². The van der Waals surface area contributed by atoms with Crippen LogP contribution in [0.25, 0.3) is 0 Å². The molecule has 1 aliphatic heterocycles. The van der Waals surface area contributed by atoms with Crippen molar-refractivity contribution in [3.05, 3.63) is 65.7 Å². The van der Waals surface area contributed by atoms with Crippen LogP contribution in [0.4, 0.5) is 5.69 Å². The maximum Gasteiger partial charge on any atom is 0.305 e. The fourth-order valence-corrected chi connectivity index (χ4v) is 4.25. The Bertz CT molecular complexity index is 1020. The Labute approximate surface area is 218 Å². The summed E-state index contributed by atoms with van der Waals surface area (Å²) in [5.74, 6) is 0.139. The Morgan fingerprint density at radius 3 is 2.36 bits per heavy atom. The highest BCUT2D eigenvalue weighted by atomic mass is 32.1. The number of anilines is 1. The van der Waals surface area contributed by atoms with Crippen LogP contribution >= 0.6 is 12.2 Å². The van der Waals surface area contributed by atoms with Crippen molar-refractivity contribution in [3.63, 3.8) is 0 Å². The van der Waals surface area contributed by atoms with Crippen LogP contribution in [-0.2, 0) is 20.7 Å². The lowest BCUT2D eigenvalue weighted by molar-refractivity contribution is -0.143. The van der Waals surface area contributed by atoms with Crippen molar-refractivity contribution < 1.29 is 19.1 Å². The van der Waals surface area contributed by atoms with Gasteiger partial charge >= 0.3 is 5.97 Å². The third kappa shape index (κ3) is 9.41. The molecule has 0 saturated carbocycles. The second kappa shape index (κ2) is 14.3. The lowest BCUT2D eigenvalue weighted by Gasteiger charge is -2.30. The average Bonchev–Trinajstić information content (AvgIpc) is 2.87. The van der Waals surface area contributed by atoms with Gasteiger partial charge in [0.05, 0.1) is 6.61 Å². The largest absolute Gasteiger partial charge is 0.466 e. The van der Waals surface area contributed by atoms with E-state index in [1.165, 1.54) is 5.56 Å². The second-order valence-corrected chi connectivity index (χ2v) is 9.63. The van der Waals surface area contributed by atoms with Gasteiger partial charge in [-0.15, -0.1) is 0 Å². The molecule has 0 aliphatic carbocycles. The smallest absolute Gasteiger partial charge is 0.305 e. The molecule has 2 N–H and O–H groups in total. The summed E-state index contributed by atoms with van der Waals surface area (Å²) in [4.78, 5) is 38.6. The summed E-state index contributed by atoms with van der Waals surface area (Å²) < 4.78 is 5.24. The maximum atomic E-state index is 12.7. The summed E-state index contributed by atoms with van der Waals surface area (Å²) in [5, 5.41) is 5.75. The van der Waals surface area contributed by atoms with Crippen molar-refractivity contribution in [3.8, 4) is 0 Å². The third-order valence-electron chi connectivity index (χ3n) is 6.21. The number of nitrogens with one attached hydrogen (secondary N) is 2. The highest BCUT2D eigenvalue weighted by Gasteiger charge is 2.21. The summed E-state index contributed by atoms with van der Waals surface area (Å²) in [6, 6.07) is 17.1. The molecule has 8 heteroatoms. The molecule has 0 atom stereocenters. The first-order chi connectivity index (χ1) is 17.4. The number of aryl methyl sites for hydroxylation is 1. The van der Waals surface area contributed by atoms with E-state index in [1.807, 2.05) is 35.2 Å². The van der Waals surface area contributed by atoms with Gasteiger partial charge in [0.1, 0.15) is 0 Å². The standard InChI is InChI=1S/C28H35N3O4S/c1-21-16-18-31(19-17-21)27(34)23-12-14-24(15-13-23)29-28(36)30-25(32)10-5-11-26(33)35-20-6-9-22-7-3-2-4-8-22/h2-4,7-8,12-15,21H,5-6,9-11,16-20H2,1H3,(H2,29,30,32,36). The van der Waals surface area contributed by atoms with Gasteiger partial charge in [-0.2, -0.15) is 0 Å². The zero-order valence-corrected chi connectivity index (χ0v) is 21.6. The number of carbonyl (C=O) groups is 3. The molecule has 0 aromatic heterocycles. The fraction of sp³-hybridized carbons (Fsp3) is 0.429. The van der Waals surface area contributed by atoms with Crippen LogP contribution in [0.1, 0.15) is 61.4 Å². The predicted octanol–water partition coefficient (Wildman–Crippen LogP) is 4.72. The molecular weight excluding hydrogens is 474 g/mol. The Kier molecular flexibility index (Phi) is 10.9. The quantitative estimate of drug-likeness (QED) is 0.274. The Hall–Kier alpha value is -3.26. The lowest BCUT2D eigenvalue weighted by Crippen LogP contribution is -2.37. The van der Waals surface area contributed by atoms with Crippen molar-refractivity contribution >= 4 is 40.8 Å². The van der Waals surface area contributed by atoms with E-state index in [-0.39, 0.29) is 35.7 Å². The number of likely N-dealkylation sites (tertiary alicyclic amines) is 1. The minimum Gasteiger partial charge on any atom is -0.466 e. The molecule has 2 amide bonds. The molecule has 1 saturated heterocycles. The first-order valence-electron chi connectivity index (χ1n) is 12.6. The van der Waals surface area contributed by atoms with Gasteiger partial charge < -0.3 is 20.3 Å². The molecule has 192 valence electrons. The van der Waals surface area contributed by atoms with Crippen LogP contribution in [0.2, 0.25) is 0 Å². The van der Waals surface area contributed by atoms with Gasteiger partial charge in [0.25, 0.3) is 5.91 Å². The normalized spacial score (nSPS) is 13.6. The molecule has 0 radical (unpaired) electrons. The molecule has 3 rings (SSSR count). The fourth-order valence-electron chi connectivity index (χ4n) is 4.01. The van der Waals surface area contributed by atoms with Gasteiger partial charge in [-0.1, -0.05) is 37.3 Å². The van der Waals surface area contributed by atoms with Crippen molar-refractivity contribution in [2.75, 3.05) is 25.0 Å². The number of nitrogens with zero attached hydrogens (tertiary/aromatic N) is 1. The first-order valence-corrected chi connectivity index (χ1v) is 13.0. The molecule has 0 unspecified atom stereocenters. The maximum absolute atomic E-state index is 12.7. The van der Waals surface area contributed by atoms with Crippen LogP contribution in [0.3, 0.4) is 0 Å². The zero-order chi connectivity index (χ0) is 25.8. The number of esters is 1. The minimum atomic E-state index is -0.301. The molecule has 1 heterocycles. The van der Waals surface area contributed by atoms with Gasteiger partial charge in [-0.05, 0) is 80.1 Å². The Morgan fingerprint density at radius 1 is 0.972 bits per heavy atom. The van der Waals surface area contributed by atoms with Crippen LogP contribution in [0.15, 0.2) is 54.6 Å². The van der Waals surface area contributed by atoms with Crippen LogP contribution in [-0.4, -0.2) is 47.5 Å². The van der Waals surface area contributed by atoms with E-state index < -0.39 is 0 Å². The predicted molar refractivity (Wildman–Crippen MR) is 145 cm³/mol. The number of hydrogen-bond donors (Lipinski definition) is 2. The second-order valence-electron chi connectivity index (χ2n) is 9.22. The Morgan fingerprint density at radius 2 is 1.67 bits per heavy atom. The summed E-state index contributed by atoms with van der Waals surface area (Å²) in [5.41, 5.74) is 2.53. The van der Waals surface area contributed by atoms with Crippen LogP contribution in [0, 0.1) is 5.92 Å². The molecule has 0 spiro atoms. The number of hydrogen-bond acceptors (Lipinski definition) is 5. The number of carbonyl (C=O) groups excluding carboxylic acids is 3. The minimum absolute atomic E-state index is 0.0408. The highest BCUT2D eigenvalue weighted by Crippen LogP contribution is 2.19. The van der Waals surface area contributed by atoms with Crippen molar-refractivity contribution in [2.24, 2.45) is 5.92 Å². The zero-order valence-electron chi connectivity index (χ0n) is 20.8. The summed E-state index contributed by atoms with van der Waals surface area (Å²) in [6.07, 6.45) is 4.44. The molecule has 36 heavy (non-hydrogen) atoms. The van der Waals surface area contributed by atoms with Crippen molar-refractivity contribution in [1.82, 2.24) is 10.2 Å². The van der Waals surface area contributed by atoms with E-state index in [4.69, 9.17) is 17.0 Å². The van der Waals surface area contributed by atoms with E-state index in [9.17, 15) is 14.4 Å². The van der Waals surface area contributed by atoms with E-state index in [2.05, 4.69) is 17.6 Å². The molecule has 7 nitrogen and oxygen atoms in total. The number of amides is 2. The van der Waals surface area contributed by atoms with E-state index in [0.29, 0.717) is 30.2 Å². The lowest BCUT2D eigenvalue weighted by atomic mass is 9.98. The third-order valence-corrected chi connectivity index (χ3v) is 6.42. The van der Waals surface area contributed by atoms with E-state index >= 15 is 0 Å². The van der Waals surface area contributed by atoms with E-state index in [1.54, 1.807) is 24.3 Å². The molecule has 1 fully saturated rings. The topological polar surface area (TPSA) is 87.7 Å². The number of thiocarbonyl (C=S) groups is 1. The molecule has 2 aromatic rings. The summed E-state index contributed by atoms with van der Waals surface area (Å²) in [6.45, 7) is 4.17. The van der Waals surface area contributed by atoms with E-state index in [0.717, 1.165) is 38.8 Å². The number of piperidine rings is 1. The number of ether oxygens (including phenoxy) is 1. The van der Waals surface area contributed by atoms with Gasteiger partial charge in [0, 0.05) is 37.2 Å². The monoisotopic (exact) mass is 509 g/mol. The molecule has 1 aliphatic rings. The van der Waals surface area contributed by atoms with Crippen molar-refractivity contribution in [2.45, 2.75) is 51.9 Å². The van der Waals surface area contributed by atoms with Crippen molar-refractivity contribution in [1.29, 1.82) is 0 Å². The summed E-state index contributed by atoms with van der Waals surface area (Å²) in [7, 11) is 0. The van der Waals surface area contributed by atoms with Gasteiger partial charge in [-0.3, -0.25) is 14.4 Å². The average molecular weight is 510 g/mol. The molecular formula is C28H35N3O4S. The summed E-state index contributed by atoms with van der Waals surface area (Å²) >= 11 is 5.21. The Balaban J connectivity index is 1.28.